The highest BCUT2D eigenvalue weighted by atomic mass is 35.5. The Morgan fingerprint density at radius 2 is 2.00 bits per heavy atom. The van der Waals surface area contributed by atoms with Gasteiger partial charge in [0, 0.05) is 17.0 Å². The van der Waals surface area contributed by atoms with Gasteiger partial charge in [-0.2, -0.15) is 0 Å². The van der Waals surface area contributed by atoms with Gasteiger partial charge in [-0.15, -0.1) is 23.7 Å². The van der Waals surface area contributed by atoms with Gasteiger partial charge in [0.25, 0.3) is 0 Å². The van der Waals surface area contributed by atoms with Gasteiger partial charge >= 0.3 is 0 Å². The van der Waals surface area contributed by atoms with Gasteiger partial charge in [0.15, 0.2) is 0 Å². The average molecular weight is 428 g/mol. The first-order chi connectivity index (χ1) is 12.5. The van der Waals surface area contributed by atoms with E-state index in [4.69, 9.17) is 11.6 Å². The number of hydrogen-bond donors (Lipinski definition) is 2. The maximum atomic E-state index is 12.3. The number of carbonyl (C=O) groups is 1. The van der Waals surface area contributed by atoms with E-state index in [2.05, 4.69) is 15.6 Å². The zero-order valence-corrected chi connectivity index (χ0v) is 18.1. The Kier molecular flexibility index (Phi) is 8.55. The Hall–Kier alpha value is -1.14. The molecular weight excluding hydrogens is 401 g/mol. The number of rotatable bonds is 6. The summed E-state index contributed by atoms with van der Waals surface area (Å²) in [6.45, 7) is 6.20. The van der Waals surface area contributed by atoms with Gasteiger partial charge in [0.1, 0.15) is 5.01 Å². The minimum Gasteiger partial charge on any atom is -0.349 e. The number of halogens is 2. The van der Waals surface area contributed by atoms with Crippen LogP contribution in [0.25, 0.3) is 10.6 Å². The minimum absolute atomic E-state index is 0. The molecular formula is C20H27Cl2N3OS. The van der Waals surface area contributed by atoms with E-state index < -0.39 is 0 Å². The molecule has 1 amide bonds. The quantitative estimate of drug-likeness (QED) is 0.669. The molecule has 1 saturated heterocycles. The third kappa shape index (κ3) is 6.18. The van der Waals surface area contributed by atoms with Crippen LogP contribution in [0, 0.1) is 12.8 Å². The van der Waals surface area contributed by atoms with Gasteiger partial charge in [-0.25, -0.2) is 4.98 Å². The van der Waals surface area contributed by atoms with Crippen LogP contribution in [0.3, 0.4) is 0 Å². The molecule has 0 radical (unpaired) electrons. The highest BCUT2D eigenvalue weighted by Gasteiger charge is 2.19. The molecule has 2 heterocycles. The maximum absolute atomic E-state index is 12.3. The summed E-state index contributed by atoms with van der Waals surface area (Å²) in [5.41, 5.74) is 2.03. The third-order valence-electron chi connectivity index (χ3n) is 4.93. The number of piperidine rings is 1. The molecule has 3 rings (SSSR count). The zero-order chi connectivity index (χ0) is 18.5. The van der Waals surface area contributed by atoms with Crippen LogP contribution in [0.5, 0.6) is 0 Å². The Labute approximate surface area is 176 Å². The molecule has 1 fully saturated rings. The van der Waals surface area contributed by atoms with Crippen molar-refractivity contribution < 1.29 is 4.79 Å². The van der Waals surface area contributed by atoms with E-state index in [-0.39, 0.29) is 24.4 Å². The zero-order valence-electron chi connectivity index (χ0n) is 15.8. The van der Waals surface area contributed by atoms with Gasteiger partial charge < -0.3 is 10.6 Å². The van der Waals surface area contributed by atoms with Crippen LogP contribution < -0.4 is 10.6 Å². The van der Waals surface area contributed by atoms with Crippen molar-refractivity contribution >= 4 is 41.3 Å². The summed E-state index contributed by atoms with van der Waals surface area (Å²) in [6, 6.07) is 7.69. The second-order valence-corrected chi connectivity index (χ2v) is 8.46. The first-order valence-electron chi connectivity index (χ1n) is 9.26. The summed E-state index contributed by atoms with van der Waals surface area (Å²) in [5, 5.41) is 8.19. The SMILES string of the molecule is Cc1nc(-c2ccc(Cl)cc2)sc1C(C)NC(=O)CCC1CCNCC1.Cl. The number of hydrogen-bond acceptors (Lipinski definition) is 4. The summed E-state index contributed by atoms with van der Waals surface area (Å²) in [7, 11) is 0. The van der Waals surface area contributed by atoms with E-state index >= 15 is 0 Å². The number of thiazole rings is 1. The average Bonchev–Trinajstić information content (AvgIpc) is 3.03. The van der Waals surface area contributed by atoms with Gasteiger partial charge in [-0.3, -0.25) is 4.79 Å². The minimum atomic E-state index is -0.0194. The smallest absolute Gasteiger partial charge is 0.220 e. The first-order valence-corrected chi connectivity index (χ1v) is 10.5. The highest BCUT2D eigenvalue weighted by molar-refractivity contribution is 7.15. The second-order valence-electron chi connectivity index (χ2n) is 7.00. The normalized spacial score (nSPS) is 15.8. The summed E-state index contributed by atoms with van der Waals surface area (Å²) in [6.07, 6.45) is 3.96. The lowest BCUT2D eigenvalue weighted by molar-refractivity contribution is -0.122. The molecule has 1 atom stereocenters. The molecule has 1 aromatic carbocycles. The van der Waals surface area contributed by atoms with E-state index in [1.54, 1.807) is 11.3 Å². The van der Waals surface area contributed by atoms with Gasteiger partial charge in [-0.1, -0.05) is 23.7 Å². The molecule has 2 N–H and O–H groups in total. The van der Waals surface area contributed by atoms with E-state index in [0.717, 1.165) is 45.7 Å². The van der Waals surface area contributed by atoms with Crippen LogP contribution in [-0.2, 0) is 4.79 Å². The lowest BCUT2D eigenvalue weighted by Crippen LogP contribution is -2.30. The molecule has 0 spiro atoms. The number of amides is 1. The number of benzene rings is 1. The van der Waals surface area contributed by atoms with E-state index in [1.807, 2.05) is 38.1 Å². The Balaban J connectivity index is 0.00000261. The van der Waals surface area contributed by atoms with Gasteiger partial charge in [0.2, 0.25) is 5.91 Å². The fraction of sp³-hybridized carbons (Fsp3) is 0.500. The molecule has 0 bridgehead atoms. The predicted octanol–water partition coefficient (Wildman–Crippen LogP) is 5.15. The number of nitrogens with one attached hydrogen (secondary N) is 2. The van der Waals surface area contributed by atoms with Gasteiger partial charge in [0.05, 0.1) is 16.6 Å². The predicted molar refractivity (Wildman–Crippen MR) is 116 cm³/mol. The molecule has 1 aliphatic rings. The number of carbonyl (C=O) groups excluding carboxylic acids is 1. The van der Waals surface area contributed by atoms with Gasteiger partial charge in [-0.05, 0) is 64.3 Å². The van der Waals surface area contributed by atoms with Crippen molar-refractivity contribution in [3.63, 3.8) is 0 Å². The fourth-order valence-corrected chi connectivity index (χ4v) is 4.61. The Bertz CT molecular complexity index is 742. The largest absolute Gasteiger partial charge is 0.349 e. The molecule has 0 saturated carbocycles. The monoisotopic (exact) mass is 427 g/mol. The molecule has 1 unspecified atom stereocenters. The summed E-state index contributed by atoms with van der Waals surface area (Å²) < 4.78 is 0. The van der Waals surface area contributed by atoms with Crippen molar-refractivity contribution in [1.82, 2.24) is 15.6 Å². The summed E-state index contributed by atoms with van der Waals surface area (Å²) >= 11 is 7.60. The fourth-order valence-electron chi connectivity index (χ4n) is 3.41. The molecule has 2 aromatic rings. The van der Waals surface area contributed by atoms with Crippen LogP contribution in [-0.4, -0.2) is 24.0 Å². The standard InChI is InChI=1S/C20H26ClN3OS.ClH/c1-13(23-18(25)8-3-15-9-11-22-12-10-15)19-14(2)24-20(26-19)16-4-6-17(21)7-5-16;/h4-7,13,15,22H,3,8-12H2,1-2H3,(H,23,25);1H. The van der Waals surface area contributed by atoms with Crippen molar-refractivity contribution in [2.24, 2.45) is 5.92 Å². The van der Waals surface area contributed by atoms with Crippen molar-refractivity contribution in [1.29, 1.82) is 0 Å². The number of aromatic nitrogens is 1. The molecule has 148 valence electrons. The lowest BCUT2D eigenvalue weighted by Gasteiger charge is -2.22. The van der Waals surface area contributed by atoms with Crippen LogP contribution in [0.2, 0.25) is 5.02 Å². The summed E-state index contributed by atoms with van der Waals surface area (Å²) in [4.78, 5) is 18.1. The second kappa shape index (κ2) is 10.4. The number of aryl methyl sites for hydroxylation is 1. The van der Waals surface area contributed by atoms with E-state index in [1.165, 1.54) is 12.8 Å². The molecule has 27 heavy (non-hydrogen) atoms. The van der Waals surface area contributed by atoms with Crippen LogP contribution in [0.1, 0.15) is 49.2 Å². The van der Waals surface area contributed by atoms with E-state index in [0.29, 0.717) is 12.3 Å². The number of nitrogens with zero attached hydrogens (tertiary/aromatic N) is 1. The molecule has 7 heteroatoms. The van der Waals surface area contributed by atoms with E-state index in [9.17, 15) is 4.79 Å². The van der Waals surface area contributed by atoms with Crippen molar-refractivity contribution in [3.05, 3.63) is 39.9 Å². The topological polar surface area (TPSA) is 54.0 Å². The van der Waals surface area contributed by atoms with Crippen molar-refractivity contribution in [2.45, 2.75) is 45.6 Å². The highest BCUT2D eigenvalue weighted by Crippen LogP contribution is 2.32. The third-order valence-corrected chi connectivity index (χ3v) is 6.57. The Morgan fingerprint density at radius 3 is 2.67 bits per heavy atom. The maximum Gasteiger partial charge on any atom is 0.220 e. The van der Waals surface area contributed by atoms with Crippen LogP contribution >= 0.6 is 35.3 Å². The van der Waals surface area contributed by atoms with Crippen molar-refractivity contribution in [3.8, 4) is 10.6 Å². The van der Waals surface area contributed by atoms with Crippen LogP contribution in [0.15, 0.2) is 24.3 Å². The summed E-state index contributed by atoms with van der Waals surface area (Å²) in [5.74, 6) is 0.816. The molecule has 0 aliphatic carbocycles. The van der Waals surface area contributed by atoms with Crippen LogP contribution in [0.4, 0.5) is 0 Å². The van der Waals surface area contributed by atoms with Crippen molar-refractivity contribution in [2.75, 3.05) is 13.1 Å². The first kappa shape index (κ1) is 22.2. The Morgan fingerprint density at radius 1 is 1.33 bits per heavy atom. The molecule has 1 aliphatic heterocycles. The molecule has 4 nitrogen and oxygen atoms in total. The molecule has 1 aromatic heterocycles. The lowest BCUT2D eigenvalue weighted by atomic mass is 9.93.